The standard InChI is InChI=1S/C23H29N3O/c1-16(2)14-18-6-10-20(11-7-18)17(3)23-24-22(25-27-23)21-12-8-19(9-13-21)15-26(4)5/h6-13,16-17H,14-15H2,1-5H3. The summed E-state index contributed by atoms with van der Waals surface area (Å²) >= 11 is 0. The van der Waals surface area contributed by atoms with E-state index in [9.17, 15) is 0 Å². The molecule has 1 unspecified atom stereocenters. The molecule has 3 rings (SSSR count). The summed E-state index contributed by atoms with van der Waals surface area (Å²) in [6.07, 6.45) is 1.10. The van der Waals surface area contributed by atoms with Gasteiger partial charge in [-0.2, -0.15) is 4.98 Å². The maximum Gasteiger partial charge on any atom is 0.234 e. The van der Waals surface area contributed by atoms with E-state index in [4.69, 9.17) is 4.52 Å². The number of hydrogen-bond donors (Lipinski definition) is 0. The van der Waals surface area contributed by atoms with E-state index >= 15 is 0 Å². The summed E-state index contributed by atoms with van der Waals surface area (Å²) in [5.74, 6) is 2.03. The molecule has 0 aliphatic carbocycles. The molecule has 0 aliphatic rings. The van der Waals surface area contributed by atoms with Gasteiger partial charge in [-0.1, -0.05) is 67.5 Å². The average molecular weight is 364 g/mol. The monoisotopic (exact) mass is 363 g/mol. The maximum atomic E-state index is 5.56. The van der Waals surface area contributed by atoms with Crippen LogP contribution in [0.4, 0.5) is 0 Å². The molecule has 0 saturated heterocycles. The van der Waals surface area contributed by atoms with Gasteiger partial charge in [0.15, 0.2) is 0 Å². The van der Waals surface area contributed by atoms with Crippen LogP contribution in [0.3, 0.4) is 0 Å². The smallest absolute Gasteiger partial charge is 0.234 e. The molecule has 27 heavy (non-hydrogen) atoms. The van der Waals surface area contributed by atoms with Crippen LogP contribution in [0.25, 0.3) is 11.4 Å². The Morgan fingerprint density at radius 1 is 0.889 bits per heavy atom. The molecule has 2 aromatic carbocycles. The van der Waals surface area contributed by atoms with E-state index in [0.717, 1.165) is 18.5 Å². The highest BCUT2D eigenvalue weighted by Gasteiger charge is 2.17. The molecule has 3 aromatic rings. The van der Waals surface area contributed by atoms with Crippen molar-refractivity contribution < 1.29 is 4.52 Å². The lowest BCUT2D eigenvalue weighted by Crippen LogP contribution is -2.10. The van der Waals surface area contributed by atoms with Crippen LogP contribution in [0.1, 0.15) is 49.3 Å². The van der Waals surface area contributed by atoms with Gasteiger partial charge in [0.1, 0.15) is 0 Å². The van der Waals surface area contributed by atoms with Crippen LogP contribution in [0, 0.1) is 5.92 Å². The van der Waals surface area contributed by atoms with Gasteiger partial charge in [0.25, 0.3) is 0 Å². The van der Waals surface area contributed by atoms with E-state index < -0.39 is 0 Å². The summed E-state index contributed by atoms with van der Waals surface area (Å²) < 4.78 is 5.56. The van der Waals surface area contributed by atoms with Gasteiger partial charge in [-0.3, -0.25) is 0 Å². The molecule has 0 radical (unpaired) electrons. The topological polar surface area (TPSA) is 42.2 Å². The molecule has 1 atom stereocenters. The molecule has 1 aromatic heterocycles. The lowest BCUT2D eigenvalue weighted by atomic mass is 9.97. The van der Waals surface area contributed by atoms with Gasteiger partial charge in [-0.05, 0) is 50.0 Å². The van der Waals surface area contributed by atoms with Crippen molar-refractivity contribution in [1.29, 1.82) is 0 Å². The van der Waals surface area contributed by atoms with Crippen LogP contribution in [-0.2, 0) is 13.0 Å². The Hall–Kier alpha value is -2.46. The van der Waals surface area contributed by atoms with Crippen molar-refractivity contribution in [2.45, 2.75) is 39.7 Å². The Bertz CT molecular complexity index is 848. The van der Waals surface area contributed by atoms with E-state index in [1.807, 2.05) is 0 Å². The molecule has 0 spiro atoms. The second-order valence-corrected chi connectivity index (χ2v) is 7.95. The maximum absolute atomic E-state index is 5.56. The second-order valence-electron chi connectivity index (χ2n) is 7.95. The van der Waals surface area contributed by atoms with Crippen LogP contribution >= 0.6 is 0 Å². The van der Waals surface area contributed by atoms with Gasteiger partial charge >= 0.3 is 0 Å². The first kappa shape index (κ1) is 19.3. The van der Waals surface area contributed by atoms with Crippen molar-refractivity contribution >= 4 is 0 Å². The fourth-order valence-corrected chi connectivity index (χ4v) is 3.21. The Morgan fingerprint density at radius 2 is 1.52 bits per heavy atom. The predicted octanol–water partition coefficient (Wildman–Crippen LogP) is 5.15. The summed E-state index contributed by atoms with van der Waals surface area (Å²) in [6, 6.07) is 17.1. The average Bonchev–Trinajstić information content (AvgIpc) is 3.11. The van der Waals surface area contributed by atoms with E-state index in [1.54, 1.807) is 0 Å². The minimum absolute atomic E-state index is 0.0763. The molecule has 0 saturated carbocycles. The van der Waals surface area contributed by atoms with Crippen molar-refractivity contribution in [3.8, 4) is 11.4 Å². The Kier molecular flexibility index (Phi) is 6.07. The van der Waals surface area contributed by atoms with Crippen LogP contribution in [-0.4, -0.2) is 29.1 Å². The first-order chi connectivity index (χ1) is 12.9. The number of benzene rings is 2. The molecule has 4 nitrogen and oxygen atoms in total. The van der Waals surface area contributed by atoms with Crippen molar-refractivity contribution in [3.63, 3.8) is 0 Å². The molecule has 0 fully saturated rings. The summed E-state index contributed by atoms with van der Waals surface area (Å²) in [5.41, 5.74) is 4.80. The molecule has 0 N–H and O–H groups in total. The first-order valence-corrected chi connectivity index (χ1v) is 9.59. The lowest BCUT2D eigenvalue weighted by Gasteiger charge is -2.09. The highest BCUT2D eigenvalue weighted by Crippen LogP contribution is 2.26. The molecular weight excluding hydrogens is 334 g/mol. The van der Waals surface area contributed by atoms with Crippen LogP contribution in [0.5, 0.6) is 0 Å². The molecule has 0 bridgehead atoms. The minimum Gasteiger partial charge on any atom is -0.338 e. The Morgan fingerprint density at radius 3 is 2.11 bits per heavy atom. The normalized spacial score (nSPS) is 12.7. The van der Waals surface area contributed by atoms with Gasteiger partial charge in [0, 0.05) is 12.1 Å². The summed E-state index contributed by atoms with van der Waals surface area (Å²) in [6.45, 7) is 7.50. The highest BCUT2D eigenvalue weighted by molar-refractivity contribution is 5.54. The van der Waals surface area contributed by atoms with Crippen LogP contribution in [0.15, 0.2) is 53.1 Å². The quantitative estimate of drug-likeness (QED) is 0.582. The number of aromatic nitrogens is 2. The van der Waals surface area contributed by atoms with Crippen LogP contribution < -0.4 is 0 Å². The third-order valence-electron chi connectivity index (χ3n) is 4.65. The molecule has 1 heterocycles. The van der Waals surface area contributed by atoms with Crippen molar-refractivity contribution in [2.75, 3.05) is 14.1 Å². The number of hydrogen-bond acceptors (Lipinski definition) is 4. The largest absolute Gasteiger partial charge is 0.338 e. The Labute approximate surface area is 162 Å². The second kappa shape index (κ2) is 8.49. The zero-order valence-corrected chi connectivity index (χ0v) is 16.9. The zero-order valence-electron chi connectivity index (χ0n) is 16.9. The fourth-order valence-electron chi connectivity index (χ4n) is 3.21. The SMILES string of the molecule is CC(C)Cc1ccc(C(C)c2nc(-c3ccc(CN(C)C)cc3)no2)cc1. The van der Waals surface area contributed by atoms with E-state index in [-0.39, 0.29) is 5.92 Å². The van der Waals surface area contributed by atoms with E-state index in [1.165, 1.54) is 16.7 Å². The van der Waals surface area contributed by atoms with E-state index in [2.05, 4.69) is 98.4 Å². The molecule has 0 aliphatic heterocycles. The van der Waals surface area contributed by atoms with Crippen molar-refractivity contribution in [3.05, 3.63) is 71.1 Å². The molecule has 0 amide bonds. The van der Waals surface area contributed by atoms with Gasteiger partial charge in [0.2, 0.25) is 11.7 Å². The van der Waals surface area contributed by atoms with Crippen LogP contribution in [0.2, 0.25) is 0 Å². The van der Waals surface area contributed by atoms with Gasteiger partial charge in [-0.25, -0.2) is 0 Å². The zero-order chi connectivity index (χ0) is 19.4. The van der Waals surface area contributed by atoms with Gasteiger partial charge in [0.05, 0.1) is 5.92 Å². The number of rotatable bonds is 7. The lowest BCUT2D eigenvalue weighted by molar-refractivity contribution is 0.371. The first-order valence-electron chi connectivity index (χ1n) is 9.59. The predicted molar refractivity (Wildman–Crippen MR) is 110 cm³/mol. The third kappa shape index (κ3) is 5.04. The van der Waals surface area contributed by atoms with Crippen molar-refractivity contribution in [1.82, 2.24) is 15.0 Å². The highest BCUT2D eigenvalue weighted by atomic mass is 16.5. The van der Waals surface area contributed by atoms with Gasteiger partial charge < -0.3 is 9.42 Å². The molecular formula is C23H29N3O. The molecule has 4 heteroatoms. The fraction of sp³-hybridized carbons (Fsp3) is 0.391. The number of nitrogens with zero attached hydrogens (tertiary/aromatic N) is 3. The Balaban J connectivity index is 1.72. The van der Waals surface area contributed by atoms with Crippen molar-refractivity contribution in [2.24, 2.45) is 5.92 Å². The van der Waals surface area contributed by atoms with E-state index in [0.29, 0.717) is 17.6 Å². The summed E-state index contributed by atoms with van der Waals surface area (Å²) in [7, 11) is 4.13. The minimum atomic E-state index is 0.0763. The summed E-state index contributed by atoms with van der Waals surface area (Å²) in [5, 5.41) is 4.18. The molecule has 142 valence electrons. The van der Waals surface area contributed by atoms with Gasteiger partial charge in [-0.15, -0.1) is 0 Å². The summed E-state index contributed by atoms with van der Waals surface area (Å²) in [4.78, 5) is 6.78. The third-order valence-corrected chi connectivity index (χ3v) is 4.65.